The van der Waals surface area contributed by atoms with Crippen LogP contribution < -0.4 is 10.1 Å². The number of benzene rings is 1. The molecule has 2 aromatic rings. The van der Waals surface area contributed by atoms with Gasteiger partial charge in [-0.3, -0.25) is 14.4 Å². The second-order valence-corrected chi connectivity index (χ2v) is 6.04. The lowest BCUT2D eigenvalue weighted by Gasteiger charge is -2.10. The average molecular weight is 372 g/mol. The van der Waals surface area contributed by atoms with Crippen molar-refractivity contribution in [2.24, 2.45) is 7.05 Å². The van der Waals surface area contributed by atoms with Gasteiger partial charge in [0, 0.05) is 24.0 Å². The van der Waals surface area contributed by atoms with Crippen LogP contribution in [0, 0.1) is 13.8 Å². The Labute approximate surface area is 158 Å². The van der Waals surface area contributed by atoms with Crippen molar-refractivity contribution < 1.29 is 23.9 Å². The number of esters is 1. The molecule has 0 radical (unpaired) electrons. The predicted octanol–water partition coefficient (Wildman–Crippen LogP) is 2.20. The zero-order chi connectivity index (χ0) is 20.0. The van der Waals surface area contributed by atoms with Crippen molar-refractivity contribution in [1.82, 2.24) is 9.88 Å². The zero-order valence-electron chi connectivity index (χ0n) is 16.0. The van der Waals surface area contributed by atoms with Gasteiger partial charge in [0.2, 0.25) is 5.78 Å². The van der Waals surface area contributed by atoms with Gasteiger partial charge in [-0.15, -0.1) is 0 Å². The highest BCUT2D eigenvalue weighted by molar-refractivity contribution is 6.00. The van der Waals surface area contributed by atoms with Crippen molar-refractivity contribution in [2.75, 3.05) is 19.8 Å². The van der Waals surface area contributed by atoms with Crippen LogP contribution in [0.2, 0.25) is 0 Å². The molecule has 1 aromatic carbocycles. The van der Waals surface area contributed by atoms with Gasteiger partial charge in [-0.05, 0) is 39.0 Å². The molecule has 7 heteroatoms. The van der Waals surface area contributed by atoms with Crippen molar-refractivity contribution in [3.63, 3.8) is 0 Å². The summed E-state index contributed by atoms with van der Waals surface area (Å²) in [4.78, 5) is 36.3. The number of hydrogen-bond acceptors (Lipinski definition) is 5. The number of Topliss-reactive ketones (excluding diaryl/α,β-unsaturated/α-hetero) is 1. The lowest BCUT2D eigenvalue weighted by molar-refractivity contribution is -0.141. The van der Waals surface area contributed by atoms with Crippen molar-refractivity contribution in [3.05, 3.63) is 52.8 Å². The number of ketones is 1. The third kappa shape index (κ3) is 4.97. The molecule has 27 heavy (non-hydrogen) atoms. The first-order valence-corrected chi connectivity index (χ1v) is 8.66. The van der Waals surface area contributed by atoms with Crippen LogP contribution in [0.4, 0.5) is 0 Å². The largest absolute Gasteiger partial charge is 0.493 e. The van der Waals surface area contributed by atoms with Crippen LogP contribution in [0.1, 0.15) is 39.0 Å². The summed E-state index contributed by atoms with van der Waals surface area (Å²) in [5, 5.41) is 2.48. The number of para-hydroxylation sites is 1. The average Bonchev–Trinajstić information content (AvgIpc) is 2.92. The minimum Gasteiger partial charge on any atom is -0.493 e. The molecule has 0 atom stereocenters. The third-order valence-electron chi connectivity index (χ3n) is 4.26. The van der Waals surface area contributed by atoms with Crippen LogP contribution in [0.15, 0.2) is 30.3 Å². The molecule has 1 N–H and O–H groups in total. The normalized spacial score (nSPS) is 10.4. The van der Waals surface area contributed by atoms with E-state index in [4.69, 9.17) is 9.47 Å². The summed E-state index contributed by atoms with van der Waals surface area (Å²) in [6.07, 6.45) is 0. The van der Waals surface area contributed by atoms with Crippen LogP contribution in [0.3, 0.4) is 0 Å². The minimum atomic E-state index is -0.684. The van der Waals surface area contributed by atoms with E-state index in [-0.39, 0.29) is 18.9 Å². The van der Waals surface area contributed by atoms with Crippen LogP contribution in [-0.2, 0) is 16.6 Å². The number of amides is 1. The van der Waals surface area contributed by atoms with E-state index in [9.17, 15) is 14.4 Å². The molecule has 7 nitrogen and oxygen atoms in total. The molecule has 0 unspecified atom stereocenters. The Morgan fingerprint density at radius 1 is 1.11 bits per heavy atom. The lowest BCUT2D eigenvalue weighted by atomic mass is 10.1. The lowest BCUT2D eigenvalue weighted by Crippen LogP contribution is -2.31. The highest BCUT2D eigenvalue weighted by Gasteiger charge is 2.17. The van der Waals surface area contributed by atoms with E-state index < -0.39 is 11.9 Å². The van der Waals surface area contributed by atoms with Gasteiger partial charge < -0.3 is 19.4 Å². The SMILES string of the molecule is CCOc1ccccc1C(=O)NCC(=O)OCC(=O)c1cc(C)n(C)c1C. The Kier molecular flexibility index (Phi) is 6.76. The Hall–Kier alpha value is -3.09. The van der Waals surface area contributed by atoms with Crippen molar-refractivity contribution >= 4 is 17.7 Å². The number of hydrogen-bond donors (Lipinski definition) is 1. The number of aryl methyl sites for hydroxylation is 1. The Bertz CT molecular complexity index is 854. The maximum absolute atomic E-state index is 12.2. The Morgan fingerprint density at radius 2 is 1.81 bits per heavy atom. The molecule has 0 saturated carbocycles. The molecule has 1 amide bonds. The number of rotatable bonds is 8. The summed E-state index contributed by atoms with van der Waals surface area (Å²) in [5.74, 6) is -0.971. The smallest absolute Gasteiger partial charge is 0.325 e. The topological polar surface area (TPSA) is 86.6 Å². The summed E-state index contributed by atoms with van der Waals surface area (Å²) < 4.78 is 12.3. The second-order valence-electron chi connectivity index (χ2n) is 6.04. The van der Waals surface area contributed by atoms with Gasteiger partial charge in [0.1, 0.15) is 12.3 Å². The minimum absolute atomic E-state index is 0.280. The number of carbonyl (C=O) groups excluding carboxylic acids is 3. The quantitative estimate of drug-likeness (QED) is 0.567. The predicted molar refractivity (Wildman–Crippen MR) is 100 cm³/mol. The van der Waals surface area contributed by atoms with Gasteiger partial charge in [-0.2, -0.15) is 0 Å². The Morgan fingerprint density at radius 3 is 2.44 bits per heavy atom. The number of nitrogens with zero attached hydrogens (tertiary/aromatic N) is 1. The molecule has 0 aliphatic rings. The van der Waals surface area contributed by atoms with E-state index in [0.29, 0.717) is 23.5 Å². The molecular formula is C20H24N2O5. The monoisotopic (exact) mass is 372 g/mol. The van der Waals surface area contributed by atoms with E-state index in [1.54, 1.807) is 30.3 Å². The van der Waals surface area contributed by atoms with E-state index in [1.165, 1.54) is 0 Å². The molecule has 0 aliphatic heterocycles. The van der Waals surface area contributed by atoms with Crippen molar-refractivity contribution in [1.29, 1.82) is 0 Å². The van der Waals surface area contributed by atoms with E-state index in [0.717, 1.165) is 11.4 Å². The van der Waals surface area contributed by atoms with Crippen molar-refractivity contribution in [2.45, 2.75) is 20.8 Å². The molecular weight excluding hydrogens is 348 g/mol. The van der Waals surface area contributed by atoms with Crippen LogP contribution >= 0.6 is 0 Å². The van der Waals surface area contributed by atoms with Crippen molar-refractivity contribution in [3.8, 4) is 5.75 Å². The number of carbonyl (C=O) groups is 3. The summed E-state index contributed by atoms with van der Waals surface area (Å²) in [6.45, 7) is 5.27. The van der Waals surface area contributed by atoms with Gasteiger partial charge in [0.25, 0.3) is 5.91 Å². The summed E-state index contributed by atoms with van der Waals surface area (Å²) in [7, 11) is 1.86. The highest BCUT2D eigenvalue weighted by Crippen LogP contribution is 2.17. The molecule has 1 heterocycles. The third-order valence-corrected chi connectivity index (χ3v) is 4.26. The summed E-state index contributed by atoms with van der Waals surface area (Å²) in [6, 6.07) is 8.51. The van der Waals surface area contributed by atoms with Gasteiger partial charge in [0.15, 0.2) is 6.61 Å². The van der Waals surface area contributed by atoms with Crippen LogP contribution in [0.25, 0.3) is 0 Å². The fourth-order valence-corrected chi connectivity index (χ4v) is 2.60. The number of aromatic nitrogens is 1. The first kappa shape index (κ1) is 20.2. The van der Waals surface area contributed by atoms with Gasteiger partial charge in [-0.1, -0.05) is 12.1 Å². The molecule has 1 aromatic heterocycles. The highest BCUT2D eigenvalue weighted by atomic mass is 16.5. The molecule has 0 saturated heterocycles. The summed E-state index contributed by atoms with van der Waals surface area (Å²) >= 11 is 0. The molecule has 0 fully saturated rings. The number of ether oxygens (including phenoxy) is 2. The molecule has 0 bridgehead atoms. The Balaban J connectivity index is 1.87. The summed E-state index contributed by atoms with van der Waals surface area (Å²) in [5.41, 5.74) is 2.62. The molecule has 2 rings (SSSR count). The van der Waals surface area contributed by atoms with E-state index >= 15 is 0 Å². The van der Waals surface area contributed by atoms with E-state index in [1.807, 2.05) is 32.4 Å². The van der Waals surface area contributed by atoms with Crippen LogP contribution in [0.5, 0.6) is 5.75 Å². The zero-order valence-corrected chi connectivity index (χ0v) is 16.0. The maximum Gasteiger partial charge on any atom is 0.325 e. The molecule has 0 spiro atoms. The fourth-order valence-electron chi connectivity index (χ4n) is 2.60. The first-order valence-electron chi connectivity index (χ1n) is 8.66. The standard InChI is InChI=1S/C20H24N2O5/c1-5-26-18-9-7-6-8-15(18)20(25)21-11-19(24)27-12-17(23)16-10-13(2)22(4)14(16)3/h6-10H,5,11-12H2,1-4H3,(H,21,25). The molecule has 0 aliphatic carbocycles. The van der Waals surface area contributed by atoms with Gasteiger partial charge >= 0.3 is 5.97 Å². The number of nitrogens with one attached hydrogen (secondary N) is 1. The first-order chi connectivity index (χ1) is 12.8. The van der Waals surface area contributed by atoms with Gasteiger partial charge in [-0.25, -0.2) is 0 Å². The molecule has 144 valence electrons. The van der Waals surface area contributed by atoms with Crippen LogP contribution in [-0.4, -0.2) is 42.0 Å². The fraction of sp³-hybridized carbons (Fsp3) is 0.350. The van der Waals surface area contributed by atoms with E-state index in [2.05, 4.69) is 5.32 Å². The second kappa shape index (κ2) is 9.02. The van der Waals surface area contributed by atoms with Gasteiger partial charge in [0.05, 0.1) is 12.2 Å². The maximum atomic E-state index is 12.2.